The van der Waals surface area contributed by atoms with E-state index in [0.717, 1.165) is 52.0 Å². The van der Waals surface area contributed by atoms with Gasteiger partial charge in [-0.2, -0.15) is 0 Å². The summed E-state index contributed by atoms with van der Waals surface area (Å²) in [6, 6.07) is 0. The Balaban J connectivity index is 1.44. The Bertz CT molecular complexity index is 1050. The summed E-state index contributed by atoms with van der Waals surface area (Å²) in [5.74, 6) is 2.69. The number of carbonyl (C=O) groups excluding carboxylic acids is 1. The molecular formula is C18H19N7OS. The highest BCUT2D eigenvalue weighted by Crippen LogP contribution is 2.31. The van der Waals surface area contributed by atoms with E-state index in [9.17, 15) is 4.79 Å². The van der Waals surface area contributed by atoms with Gasteiger partial charge in [-0.15, -0.1) is 11.8 Å². The van der Waals surface area contributed by atoms with E-state index in [-0.39, 0.29) is 5.91 Å². The lowest BCUT2D eigenvalue weighted by Crippen LogP contribution is -2.40. The zero-order chi connectivity index (χ0) is 18.4. The molecule has 1 N–H and O–H groups in total. The van der Waals surface area contributed by atoms with Gasteiger partial charge in [-0.05, 0) is 12.5 Å². The number of carbonyl (C=O) groups is 1. The lowest BCUT2D eigenvalue weighted by Gasteiger charge is -2.31. The van der Waals surface area contributed by atoms with Crippen LogP contribution < -0.4 is 4.90 Å². The van der Waals surface area contributed by atoms with Crippen LogP contribution in [0.1, 0.15) is 11.4 Å². The van der Waals surface area contributed by atoms with E-state index in [1.807, 2.05) is 30.4 Å². The maximum absolute atomic E-state index is 13.1. The number of nitrogens with one attached hydrogen (secondary N) is 1. The Labute approximate surface area is 160 Å². The first-order valence-corrected chi connectivity index (χ1v) is 9.88. The van der Waals surface area contributed by atoms with Crippen LogP contribution >= 0.6 is 11.8 Å². The average Bonchev–Trinajstić information content (AvgIpc) is 3.33. The van der Waals surface area contributed by atoms with Gasteiger partial charge in [0.2, 0.25) is 0 Å². The van der Waals surface area contributed by atoms with Crippen molar-refractivity contribution in [2.45, 2.75) is 20.0 Å². The molecule has 2 aliphatic rings. The molecule has 3 aromatic rings. The number of aryl methyl sites for hydroxylation is 1. The van der Waals surface area contributed by atoms with Gasteiger partial charge in [-0.3, -0.25) is 4.79 Å². The van der Waals surface area contributed by atoms with Crippen LogP contribution in [0, 0.1) is 6.92 Å². The third-order valence-corrected chi connectivity index (χ3v) is 6.00. The molecule has 0 aromatic carbocycles. The van der Waals surface area contributed by atoms with Crippen LogP contribution in [0.2, 0.25) is 0 Å². The van der Waals surface area contributed by atoms with Gasteiger partial charge >= 0.3 is 0 Å². The zero-order valence-corrected chi connectivity index (χ0v) is 15.7. The van der Waals surface area contributed by atoms with E-state index in [2.05, 4.69) is 29.4 Å². The third kappa shape index (κ3) is 2.78. The Morgan fingerprint density at radius 3 is 3.07 bits per heavy atom. The van der Waals surface area contributed by atoms with Crippen molar-refractivity contribution in [1.82, 2.24) is 29.4 Å². The minimum Gasteiger partial charge on any atom is -0.346 e. The molecule has 0 unspecified atom stereocenters. The van der Waals surface area contributed by atoms with Crippen molar-refractivity contribution in [1.29, 1.82) is 0 Å². The number of aromatic nitrogens is 5. The first kappa shape index (κ1) is 16.4. The van der Waals surface area contributed by atoms with E-state index in [0.29, 0.717) is 13.1 Å². The highest BCUT2D eigenvalue weighted by atomic mass is 32.2. The molecule has 5 rings (SSSR count). The van der Waals surface area contributed by atoms with Crippen LogP contribution in [0.4, 0.5) is 5.82 Å². The number of hydrogen-bond acceptors (Lipinski definition) is 6. The van der Waals surface area contributed by atoms with Gasteiger partial charge in [-0.25, -0.2) is 15.0 Å². The average molecular weight is 381 g/mol. The quantitative estimate of drug-likeness (QED) is 0.730. The number of amides is 1. The Kier molecular flexibility index (Phi) is 3.89. The monoisotopic (exact) mass is 381 g/mol. The largest absolute Gasteiger partial charge is 0.346 e. The second-order valence-electron chi connectivity index (χ2n) is 6.69. The molecule has 3 aromatic heterocycles. The number of nitrogens with zero attached hydrogens (tertiary/aromatic N) is 6. The molecule has 0 spiro atoms. The molecule has 27 heavy (non-hydrogen) atoms. The number of anilines is 1. The summed E-state index contributed by atoms with van der Waals surface area (Å²) in [5, 5.41) is 1.01. The van der Waals surface area contributed by atoms with Crippen LogP contribution in [0.15, 0.2) is 36.0 Å². The van der Waals surface area contributed by atoms with Gasteiger partial charge in [0.1, 0.15) is 23.6 Å². The highest BCUT2D eigenvalue weighted by molar-refractivity contribution is 8.04. The van der Waals surface area contributed by atoms with Crippen LogP contribution in [0.25, 0.3) is 11.0 Å². The van der Waals surface area contributed by atoms with E-state index in [4.69, 9.17) is 0 Å². The van der Waals surface area contributed by atoms with Gasteiger partial charge in [0.05, 0.1) is 16.8 Å². The fourth-order valence-corrected chi connectivity index (χ4v) is 4.56. The van der Waals surface area contributed by atoms with Gasteiger partial charge < -0.3 is 19.4 Å². The third-order valence-electron chi connectivity index (χ3n) is 5.02. The number of fused-ring (bicyclic) bond motifs is 2. The van der Waals surface area contributed by atoms with E-state index in [1.54, 1.807) is 24.3 Å². The number of thioether (sulfide) groups is 1. The summed E-state index contributed by atoms with van der Waals surface area (Å²) in [4.78, 5) is 34.1. The topological polar surface area (TPSA) is 82.9 Å². The van der Waals surface area contributed by atoms with Crippen molar-refractivity contribution in [2.75, 3.05) is 23.7 Å². The van der Waals surface area contributed by atoms with Gasteiger partial charge in [0, 0.05) is 50.2 Å². The standard InChI is InChI=1S/C18H19N7OS/c1-12-8-20-16-15(12)17(22-11-21-16)24-6-7-27-13(9-24)18(26)25-5-4-23-3-2-19-14(23)10-25/h2-3,8-9,11H,4-7,10H2,1H3,(H,20,21,22). The Hall–Kier alpha value is -2.81. The zero-order valence-electron chi connectivity index (χ0n) is 14.9. The molecule has 2 aliphatic heterocycles. The smallest absolute Gasteiger partial charge is 0.262 e. The van der Waals surface area contributed by atoms with Gasteiger partial charge in [-0.1, -0.05) is 0 Å². The summed E-state index contributed by atoms with van der Waals surface area (Å²) in [6.07, 6.45) is 9.19. The molecule has 0 saturated heterocycles. The molecule has 0 bridgehead atoms. The van der Waals surface area contributed by atoms with Crippen LogP contribution in [-0.2, 0) is 17.9 Å². The highest BCUT2D eigenvalue weighted by Gasteiger charge is 2.27. The number of H-pyrrole nitrogens is 1. The lowest BCUT2D eigenvalue weighted by molar-refractivity contribution is -0.127. The number of rotatable bonds is 2. The maximum Gasteiger partial charge on any atom is 0.262 e. The summed E-state index contributed by atoms with van der Waals surface area (Å²) in [7, 11) is 0. The maximum atomic E-state index is 13.1. The lowest BCUT2D eigenvalue weighted by atomic mass is 10.2. The van der Waals surface area contributed by atoms with Crippen molar-refractivity contribution < 1.29 is 4.79 Å². The number of aromatic amines is 1. The molecular weight excluding hydrogens is 362 g/mol. The summed E-state index contributed by atoms with van der Waals surface area (Å²) >= 11 is 1.61. The Morgan fingerprint density at radius 1 is 1.22 bits per heavy atom. The molecule has 138 valence electrons. The van der Waals surface area contributed by atoms with E-state index >= 15 is 0 Å². The first-order chi connectivity index (χ1) is 13.2. The van der Waals surface area contributed by atoms with Crippen molar-refractivity contribution in [3.63, 3.8) is 0 Å². The van der Waals surface area contributed by atoms with E-state index < -0.39 is 0 Å². The van der Waals surface area contributed by atoms with Gasteiger partial charge in [0.15, 0.2) is 0 Å². The van der Waals surface area contributed by atoms with Gasteiger partial charge in [0.25, 0.3) is 5.91 Å². The normalized spacial score (nSPS) is 17.1. The fourth-order valence-electron chi connectivity index (χ4n) is 3.60. The van der Waals surface area contributed by atoms with Crippen LogP contribution in [0.3, 0.4) is 0 Å². The molecule has 8 nitrogen and oxygen atoms in total. The summed E-state index contributed by atoms with van der Waals surface area (Å²) in [5.41, 5.74) is 1.92. The van der Waals surface area contributed by atoms with Crippen molar-refractivity contribution >= 4 is 34.5 Å². The number of hydrogen-bond donors (Lipinski definition) is 1. The molecule has 0 radical (unpaired) electrons. The molecule has 9 heteroatoms. The fraction of sp³-hybridized carbons (Fsp3) is 0.333. The molecule has 5 heterocycles. The predicted molar refractivity (Wildman–Crippen MR) is 104 cm³/mol. The first-order valence-electron chi connectivity index (χ1n) is 8.90. The minimum absolute atomic E-state index is 0.0649. The second-order valence-corrected chi connectivity index (χ2v) is 7.83. The molecule has 0 fully saturated rings. The van der Waals surface area contributed by atoms with Crippen molar-refractivity contribution in [2.24, 2.45) is 0 Å². The molecule has 0 saturated carbocycles. The molecule has 1 amide bonds. The summed E-state index contributed by atoms with van der Waals surface area (Å²) in [6.45, 7) is 4.89. The Morgan fingerprint density at radius 2 is 2.15 bits per heavy atom. The minimum atomic E-state index is 0.0649. The van der Waals surface area contributed by atoms with Crippen molar-refractivity contribution in [3.8, 4) is 0 Å². The second kappa shape index (κ2) is 6.41. The predicted octanol–water partition coefficient (Wildman–Crippen LogP) is 1.90. The SMILES string of the molecule is Cc1c[nH]c2ncnc(N3C=C(C(=O)N4CCn5ccnc5C4)SCC3)c12. The van der Waals surface area contributed by atoms with Crippen molar-refractivity contribution in [3.05, 3.63) is 47.4 Å². The van der Waals surface area contributed by atoms with E-state index in [1.165, 1.54) is 0 Å². The number of imidazole rings is 1. The summed E-state index contributed by atoms with van der Waals surface area (Å²) < 4.78 is 2.10. The molecule has 0 atom stereocenters. The molecule has 0 aliphatic carbocycles. The van der Waals surface area contributed by atoms with Crippen LogP contribution in [-0.4, -0.2) is 54.2 Å². The van der Waals surface area contributed by atoms with Crippen LogP contribution in [0.5, 0.6) is 0 Å².